The molecule has 0 amide bonds. The van der Waals surface area contributed by atoms with E-state index >= 15 is 0 Å². The lowest BCUT2D eigenvalue weighted by Gasteiger charge is -2.20. The van der Waals surface area contributed by atoms with E-state index in [-0.39, 0.29) is 17.8 Å². The molecule has 0 atom stereocenters. The summed E-state index contributed by atoms with van der Waals surface area (Å²) >= 11 is 0. The summed E-state index contributed by atoms with van der Waals surface area (Å²) in [6, 6.07) is 10.5. The van der Waals surface area contributed by atoms with Gasteiger partial charge in [0.05, 0.1) is 23.3 Å². The van der Waals surface area contributed by atoms with E-state index in [0.717, 1.165) is 0 Å². The lowest BCUT2D eigenvalue weighted by molar-refractivity contribution is 0.0538. The molecule has 7 nitrogen and oxygen atoms in total. The van der Waals surface area contributed by atoms with Crippen molar-refractivity contribution in [1.29, 1.82) is 0 Å². The first-order valence-corrected chi connectivity index (χ1v) is 7.91. The van der Waals surface area contributed by atoms with Crippen molar-refractivity contribution >= 4 is 22.8 Å². The largest absolute Gasteiger partial charge is 0.443 e. The molecule has 0 aliphatic heterocycles. The Hall–Kier alpha value is -3.09. The van der Waals surface area contributed by atoms with E-state index in [4.69, 9.17) is 10.5 Å². The summed E-state index contributed by atoms with van der Waals surface area (Å²) in [5.74, 6) is 0.406. The number of rotatable bonds is 2. The normalized spacial score (nSPS) is 11.6. The summed E-state index contributed by atoms with van der Waals surface area (Å²) < 4.78 is 8.31. The van der Waals surface area contributed by atoms with E-state index in [2.05, 4.69) is 4.98 Å². The molecule has 2 aromatic heterocycles. The number of hydrogen-bond acceptors (Lipinski definition) is 5. The molecular formula is C18H20N4O3. The van der Waals surface area contributed by atoms with E-state index in [1.54, 1.807) is 39.1 Å². The summed E-state index contributed by atoms with van der Waals surface area (Å²) in [5.41, 5.74) is 6.13. The molecular weight excluding hydrogens is 320 g/mol. The van der Waals surface area contributed by atoms with Crippen molar-refractivity contribution < 1.29 is 9.53 Å². The Balaban J connectivity index is 2.11. The Labute approximate surface area is 144 Å². The molecule has 0 saturated carbocycles. The lowest BCUT2D eigenvalue weighted by Crippen LogP contribution is -2.29. The molecule has 0 bridgehead atoms. The molecule has 130 valence electrons. The molecule has 0 radical (unpaired) electrons. The van der Waals surface area contributed by atoms with E-state index in [0.29, 0.717) is 16.9 Å². The van der Waals surface area contributed by atoms with Crippen molar-refractivity contribution in [2.24, 2.45) is 0 Å². The number of aromatic nitrogens is 3. The molecule has 0 fully saturated rings. The Kier molecular flexibility index (Phi) is 4.08. The van der Waals surface area contributed by atoms with Crippen LogP contribution in [0.4, 0.5) is 10.5 Å². The molecule has 3 aromatic rings. The maximum Gasteiger partial charge on any atom is 0.420 e. The first-order chi connectivity index (χ1) is 11.8. The molecule has 0 aliphatic carbocycles. The quantitative estimate of drug-likeness (QED) is 0.774. The molecule has 25 heavy (non-hydrogen) atoms. The third-order valence-electron chi connectivity index (χ3n) is 3.57. The van der Waals surface area contributed by atoms with Gasteiger partial charge < -0.3 is 15.0 Å². The Morgan fingerprint density at radius 3 is 2.64 bits per heavy atom. The van der Waals surface area contributed by atoms with E-state index in [9.17, 15) is 9.59 Å². The highest BCUT2D eigenvalue weighted by Crippen LogP contribution is 2.19. The van der Waals surface area contributed by atoms with Crippen LogP contribution in [0.5, 0.6) is 0 Å². The monoisotopic (exact) mass is 340 g/mol. The van der Waals surface area contributed by atoms with Crippen LogP contribution in [0.1, 0.15) is 26.6 Å². The molecule has 0 spiro atoms. The van der Waals surface area contributed by atoms with Gasteiger partial charge in [-0.25, -0.2) is 14.3 Å². The molecule has 0 unspecified atom stereocenters. The van der Waals surface area contributed by atoms with Gasteiger partial charge in [0.15, 0.2) is 0 Å². The van der Waals surface area contributed by atoms with Crippen LogP contribution in [0.3, 0.4) is 0 Å². The topological polar surface area (TPSA) is 92.1 Å². The first-order valence-electron chi connectivity index (χ1n) is 7.91. The third kappa shape index (κ3) is 3.40. The minimum Gasteiger partial charge on any atom is -0.443 e. The van der Waals surface area contributed by atoms with Gasteiger partial charge in [-0.05, 0) is 45.0 Å². The fourth-order valence-corrected chi connectivity index (χ4v) is 2.53. The van der Waals surface area contributed by atoms with Gasteiger partial charge >= 0.3 is 6.09 Å². The fourth-order valence-electron chi connectivity index (χ4n) is 2.53. The van der Waals surface area contributed by atoms with Crippen molar-refractivity contribution in [2.75, 3.05) is 5.73 Å². The summed E-state index contributed by atoms with van der Waals surface area (Å²) in [5, 5.41) is 0. The SMILES string of the molecule is CC(C)(C)OC(=O)n1c(Cn2cccc(N)c2=O)nc2ccccc21. The average Bonchev–Trinajstić information content (AvgIpc) is 2.88. The number of carbonyl (C=O) groups is 1. The van der Waals surface area contributed by atoms with Gasteiger partial charge in [-0.1, -0.05) is 12.1 Å². The number of benzene rings is 1. The Morgan fingerprint density at radius 2 is 1.92 bits per heavy atom. The number of anilines is 1. The van der Waals surface area contributed by atoms with Crippen molar-refractivity contribution in [2.45, 2.75) is 32.9 Å². The summed E-state index contributed by atoms with van der Waals surface area (Å²) in [7, 11) is 0. The standard InChI is InChI=1S/C18H20N4O3/c1-18(2,3)25-17(24)22-14-9-5-4-8-13(14)20-15(22)11-21-10-6-7-12(19)16(21)23/h4-10H,11,19H2,1-3H3. The third-order valence-corrected chi connectivity index (χ3v) is 3.57. The van der Waals surface area contributed by atoms with E-state index in [1.165, 1.54) is 15.2 Å². The second kappa shape index (κ2) is 6.08. The Morgan fingerprint density at radius 1 is 1.20 bits per heavy atom. The molecule has 7 heteroatoms. The molecule has 2 N–H and O–H groups in total. The second-order valence-corrected chi connectivity index (χ2v) is 6.73. The maximum atomic E-state index is 12.7. The van der Waals surface area contributed by atoms with Crippen molar-refractivity contribution in [3.63, 3.8) is 0 Å². The summed E-state index contributed by atoms with van der Waals surface area (Å²) in [4.78, 5) is 29.4. The van der Waals surface area contributed by atoms with Crippen LogP contribution in [-0.2, 0) is 11.3 Å². The smallest absolute Gasteiger partial charge is 0.420 e. The molecule has 0 saturated heterocycles. The molecule has 2 heterocycles. The zero-order chi connectivity index (χ0) is 18.2. The van der Waals surface area contributed by atoms with Crippen LogP contribution in [0.15, 0.2) is 47.4 Å². The minimum atomic E-state index is -0.645. The first kappa shape index (κ1) is 16.8. The lowest BCUT2D eigenvalue weighted by atomic mass is 10.2. The predicted octanol–water partition coefficient (Wildman–Crippen LogP) is 2.61. The summed E-state index contributed by atoms with van der Waals surface area (Å²) in [6.45, 7) is 5.50. The van der Waals surface area contributed by atoms with Crippen LogP contribution in [0.2, 0.25) is 0 Å². The van der Waals surface area contributed by atoms with E-state index < -0.39 is 11.7 Å². The zero-order valence-corrected chi connectivity index (χ0v) is 14.4. The van der Waals surface area contributed by atoms with Crippen LogP contribution in [0.25, 0.3) is 11.0 Å². The number of hydrogen-bond donors (Lipinski definition) is 1. The highest BCUT2D eigenvalue weighted by atomic mass is 16.6. The molecule has 1 aromatic carbocycles. The minimum absolute atomic E-state index is 0.109. The predicted molar refractivity (Wildman–Crippen MR) is 95.6 cm³/mol. The van der Waals surface area contributed by atoms with Crippen LogP contribution in [-0.4, -0.2) is 25.8 Å². The number of pyridine rings is 1. The Bertz CT molecular complexity index is 995. The highest BCUT2D eigenvalue weighted by Gasteiger charge is 2.23. The van der Waals surface area contributed by atoms with Gasteiger partial charge in [0.2, 0.25) is 0 Å². The number of nitrogens with two attached hydrogens (primary N) is 1. The number of imidazole rings is 1. The molecule has 0 aliphatic rings. The van der Waals surface area contributed by atoms with Crippen molar-refractivity contribution in [3.05, 3.63) is 58.8 Å². The number of nitrogen functional groups attached to an aromatic ring is 1. The average molecular weight is 340 g/mol. The molecule has 3 rings (SSSR count). The van der Waals surface area contributed by atoms with Gasteiger partial charge in [-0.2, -0.15) is 0 Å². The van der Waals surface area contributed by atoms with Crippen LogP contribution in [0, 0.1) is 0 Å². The number of carbonyl (C=O) groups excluding carboxylic acids is 1. The number of nitrogens with zero attached hydrogens (tertiary/aromatic N) is 3. The van der Waals surface area contributed by atoms with Crippen LogP contribution >= 0.6 is 0 Å². The van der Waals surface area contributed by atoms with Crippen LogP contribution < -0.4 is 11.3 Å². The second-order valence-electron chi connectivity index (χ2n) is 6.73. The van der Waals surface area contributed by atoms with Crippen molar-refractivity contribution in [1.82, 2.24) is 14.1 Å². The van der Waals surface area contributed by atoms with Gasteiger partial charge in [-0.15, -0.1) is 0 Å². The fraction of sp³-hybridized carbons (Fsp3) is 0.278. The maximum absolute atomic E-state index is 12.7. The zero-order valence-electron chi connectivity index (χ0n) is 14.4. The van der Waals surface area contributed by atoms with Gasteiger partial charge in [0, 0.05) is 6.20 Å². The number of ether oxygens (including phenoxy) is 1. The van der Waals surface area contributed by atoms with Gasteiger partial charge in [0.25, 0.3) is 5.56 Å². The van der Waals surface area contributed by atoms with E-state index in [1.807, 2.05) is 18.2 Å². The highest BCUT2D eigenvalue weighted by molar-refractivity contribution is 5.87. The van der Waals surface area contributed by atoms with Gasteiger partial charge in [-0.3, -0.25) is 4.79 Å². The number of para-hydroxylation sites is 2. The van der Waals surface area contributed by atoms with Crippen molar-refractivity contribution in [3.8, 4) is 0 Å². The number of fused-ring (bicyclic) bond motifs is 1. The summed E-state index contributed by atoms with van der Waals surface area (Å²) in [6.07, 6.45) is 1.07. The van der Waals surface area contributed by atoms with Gasteiger partial charge in [0.1, 0.15) is 11.4 Å².